The Balaban J connectivity index is 1.65. The van der Waals surface area contributed by atoms with E-state index >= 15 is 0 Å². The van der Waals surface area contributed by atoms with E-state index in [0.29, 0.717) is 29.2 Å². The van der Waals surface area contributed by atoms with E-state index < -0.39 is 0 Å². The van der Waals surface area contributed by atoms with Crippen molar-refractivity contribution < 1.29 is 0 Å². The number of aryl methyl sites for hydroxylation is 1. The van der Waals surface area contributed by atoms with Crippen LogP contribution in [-0.2, 0) is 13.1 Å². The van der Waals surface area contributed by atoms with Gasteiger partial charge in [0.1, 0.15) is 17.6 Å². The molecule has 4 aromatic rings. The van der Waals surface area contributed by atoms with E-state index in [-0.39, 0.29) is 12.1 Å². The maximum atomic E-state index is 13.5. The Kier molecular flexibility index (Phi) is 5.29. The molecule has 9 nitrogen and oxygen atoms in total. The molecule has 0 atom stereocenters. The van der Waals surface area contributed by atoms with Crippen LogP contribution in [0.5, 0.6) is 0 Å². The number of piperazine rings is 1. The van der Waals surface area contributed by atoms with Gasteiger partial charge in [0.2, 0.25) is 0 Å². The van der Waals surface area contributed by atoms with Gasteiger partial charge in [-0.05, 0) is 19.9 Å². The average Bonchev–Trinajstić information content (AvgIpc) is 3.24. The Morgan fingerprint density at radius 1 is 1.16 bits per heavy atom. The first-order valence-electron chi connectivity index (χ1n) is 10.7. The van der Waals surface area contributed by atoms with Gasteiger partial charge in [-0.25, -0.2) is 19.6 Å². The standard InChI is InChI=1S/C23H24N8O/c1-3-4-11-30-15-25-20-21(30)23(32)31(28-22(20)29-12-9-24-10-13-29)14-19-26-16(2)17-7-5-6-8-18(17)27-19/h5-8,15,24H,9-14H2,1-2H3. The summed E-state index contributed by atoms with van der Waals surface area (Å²) >= 11 is 0. The van der Waals surface area contributed by atoms with E-state index in [1.54, 1.807) is 17.8 Å². The molecule has 32 heavy (non-hydrogen) atoms. The van der Waals surface area contributed by atoms with Crippen molar-refractivity contribution in [2.75, 3.05) is 31.1 Å². The molecule has 1 N–H and O–H groups in total. The highest BCUT2D eigenvalue weighted by Crippen LogP contribution is 2.22. The third-order valence-corrected chi connectivity index (χ3v) is 5.68. The zero-order valence-corrected chi connectivity index (χ0v) is 18.2. The smallest absolute Gasteiger partial charge is 0.293 e. The fourth-order valence-electron chi connectivity index (χ4n) is 4.08. The molecule has 162 valence electrons. The van der Waals surface area contributed by atoms with Crippen LogP contribution in [0.15, 0.2) is 35.4 Å². The SMILES string of the molecule is CC#CCn1cnc2c(N3CCNCC3)nn(Cc3nc(C)c4ccccc4n3)c(=O)c21. The van der Waals surface area contributed by atoms with Crippen LogP contribution in [0.1, 0.15) is 18.4 Å². The first-order valence-corrected chi connectivity index (χ1v) is 10.7. The monoisotopic (exact) mass is 428 g/mol. The van der Waals surface area contributed by atoms with Gasteiger partial charge in [-0.1, -0.05) is 24.1 Å². The molecule has 0 bridgehead atoms. The fraction of sp³-hybridized carbons (Fsp3) is 0.348. The third-order valence-electron chi connectivity index (χ3n) is 5.68. The quantitative estimate of drug-likeness (QED) is 0.490. The van der Waals surface area contributed by atoms with E-state index in [0.717, 1.165) is 42.8 Å². The summed E-state index contributed by atoms with van der Waals surface area (Å²) in [5.74, 6) is 7.17. The van der Waals surface area contributed by atoms with Crippen molar-refractivity contribution in [1.29, 1.82) is 0 Å². The van der Waals surface area contributed by atoms with Crippen LogP contribution < -0.4 is 15.8 Å². The second kappa shape index (κ2) is 8.40. The lowest BCUT2D eigenvalue weighted by Crippen LogP contribution is -2.44. The second-order valence-electron chi connectivity index (χ2n) is 7.76. The summed E-state index contributed by atoms with van der Waals surface area (Å²) in [6.07, 6.45) is 1.67. The van der Waals surface area contributed by atoms with Gasteiger partial charge in [0.15, 0.2) is 11.6 Å². The van der Waals surface area contributed by atoms with Gasteiger partial charge in [-0.3, -0.25) is 4.79 Å². The van der Waals surface area contributed by atoms with Crippen molar-refractivity contribution in [3.8, 4) is 11.8 Å². The highest BCUT2D eigenvalue weighted by molar-refractivity contribution is 5.86. The molecule has 1 saturated heterocycles. The number of fused-ring (bicyclic) bond motifs is 2. The summed E-state index contributed by atoms with van der Waals surface area (Å²) in [6, 6.07) is 7.88. The van der Waals surface area contributed by atoms with Gasteiger partial charge in [0.25, 0.3) is 5.56 Å². The maximum Gasteiger partial charge on any atom is 0.293 e. The molecule has 9 heteroatoms. The Hall–Kier alpha value is -3.77. The molecule has 0 radical (unpaired) electrons. The summed E-state index contributed by atoms with van der Waals surface area (Å²) in [7, 11) is 0. The molecule has 0 spiro atoms. The number of imidazole rings is 1. The summed E-state index contributed by atoms with van der Waals surface area (Å²) in [5.41, 5.74) is 2.64. The van der Waals surface area contributed by atoms with Gasteiger partial charge in [-0.15, -0.1) is 11.0 Å². The number of para-hydroxylation sites is 1. The topological polar surface area (TPSA) is 93.8 Å². The Morgan fingerprint density at radius 3 is 2.78 bits per heavy atom. The second-order valence-corrected chi connectivity index (χ2v) is 7.76. The van der Waals surface area contributed by atoms with Crippen molar-refractivity contribution in [3.05, 3.63) is 52.5 Å². The van der Waals surface area contributed by atoms with Crippen molar-refractivity contribution in [2.24, 2.45) is 0 Å². The van der Waals surface area contributed by atoms with Crippen LogP contribution in [0.3, 0.4) is 0 Å². The first-order chi connectivity index (χ1) is 15.7. The highest BCUT2D eigenvalue weighted by atomic mass is 16.1. The maximum absolute atomic E-state index is 13.5. The predicted molar refractivity (Wildman–Crippen MR) is 124 cm³/mol. The van der Waals surface area contributed by atoms with Crippen LogP contribution in [0.2, 0.25) is 0 Å². The van der Waals surface area contributed by atoms with Crippen LogP contribution in [0.4, 0.5) is 5.82 Å². The van der Waals surface area contributed by atoms with Gasteiger partial charge < -0.3 is 14.8 Å². The number of hydrogen-bond acceptors (Lipinski definition) is 7. The summed E-state index contributed by atoms with van der Waals surface area (Å²) in [6.45, 7) is 7.64. The summed E-state index contributed by atoms with van der Waals surface area (Å²) in [5, 5.41) is 9.09. The molecule has 5 rings (SSSR count). The molecular weight excluding hydrogens is 404 g/mol. The fourth-order valence-corrected chi connectivity index (χ4v) is 4.08. The van der Waals surface area contributed by atoms with E-state index in [1.165, 1.54) is 4.68 Å². The van der Waals surface area contributed by atoms with E-state index in [9.17, 15) is 4.79 Å². The third kappa shape index (κ3) is 3.59. The molecule has 1 aromatic carbocycles. The Bertz CT molecular complexity index is 1420. The number of aromatic nitrogens is 6. The Labute approximate surface area is 185 Å². The minimum absolute atomic E-state index is 0.185. The van der Waals surface area contributed by atoms with Gasteiger partial charge in [-0.2, -0.15) is 0 Å². The molecule has 1 fully saturated rings. The minimum Gasteiger partial charge on any atom is -0.351 e. The lowest BCUT2D eigenvalue weighted by atomic mass is 10.2. The highest BCUT2D eigenvalue weighted by Gasteiger charge is 2.22. The molecule has 0 amide bonds. The number of benzene rings is 1. The number of hydrogen-bond donors (Lipinski definition) is 1. The molecular formula is C23H24N8O. The average molecular weight is 429 g/mol. The largest absolute Gasteiger partial charge is 0.351 e. The van der Waals surface area contributed by atoms with Gasteiger partial charge in [0.05, 0.1) is 18.4 Å². The molecule has 1 aliphatic rings. The number of rotatable bonds is 4. The number of anilines is 1. The molecule has 1 aliphatic heterocycles. The van der Waals surface area contributed by atoms with Crippen molar-refractivity contribution in [3.63, 3.8) is 0 Å². The molecule has 4 heterocycles. The summed E-state index contributed by atoms with van der Waals surface area (Å²) < 4.78 is 3.26. The first kappa shape index (κ1) is 20.2. The number of nitrogens with one attached hydrogen (secondary N) is 1. The number of nitrogens with zero attached hydrogens (tertiary/aromatic N) is 7. The Morgan fingerprint density at radius 2 is 1.97 bits per heavy atom. The minimum atomic E-state index is -0.219. The van der Waals surface area contributed by atoms with Crippen LogP contribution in [0.25, 0.3) is 21.9 Å². The van der Waals surface area contributed by atoms with E-state index in [2.05, 4.69) is 37.0 Å². The van der Waals surface area contributed by atoms with Gasteiger partial charge >= 0.3 is 0 Å². The van der Waals surface area contributed by atoms with Crippen LogP contribution in [0, 0.1) is 18.8 Å². The predicted octanol–water partition coefficient (Wildman–Crippen LogP) is 1.33. The van der Waals surface area contributed by atoms with Crippen LogP contribution >= 0.6 is 0 Å². The van der Waals surface area contributed by atoms with Gasteiger partial charge in [0, 0.05) is 37.3 Å². The van der Waals surface area contributed by atoms with Crippen molar-refractivity contribution >= 4 is 27.8 Å². The molecule has 0 aliphatic carbocycles. The van der Waals surface area contributed by atoms with E-state index in [1.807, 2.05) is 31.2 Å². The molecule has 3 aromatic heterocycles. The lowest BCUT2D eigenvalue weighted by molar-refractivity contribution is 0.565. The lowest BCUT2D eigenvalue weighted by Gasteiger charge is -2.28. The van der Waals surface area contributed by atoms with Crippen molar-refractivity contribution in [1.82, 2.24) is 34.6 Å². The molecule has 0 saturated carbocycles. The normalized spacial score (nSPS) is 14.0. The van der Waals surface area contributed by atoms with Crippen LogP contribution in [-0.4, -0.2) is 55.5 Å². The zero-order valence-electron chi connectivity index (χ0n) is 18.2. The van der Waals surface area contributed by atoms with Crippen molar-refractivity contribution in [2.45, 2.75) is 26.9 Å². The summed E-state index contributed by atoms with van der Waals surface area (Å²) in [4.78, 5) is 29.5. The van der Waals surface area contributed by atoms with E-state index in [4.69, 9.17) is 5.10 Å². The zero-order chi connectivity index (χ0) is 22.1. The molecule has 0 unspecified atom stereocenters.